The normalized spacial score (nSPS) is 12.3. The molecule has 0 aliphatic carbocycles. The van der Waals surface area contributed by atoms with Gasteiger partial charge in [0.2, 0.25) is 0 Å². The summed E-state index contributed by atoms with van der Waals surface area (Å²) < 4.78 is 2.43. The fourth-order valence-electron chi connectivity index (χ4n) is 9.59. The Labute approximate surface area is 381 Å². The van der Waals surface area contributed by atoms with Gasteiger partial charge in [-0.1, -0.05) is 0 Å². The molecule has 0 saturated heterocycles. The minimum atomic E-state index is -2.12. The summed E-state index contributed by atoms with van der Waals surface area (Å²) in [5.74, 6) is 0. The molecule has 12 rings (SSSR count). The van der Waals surface area contributed by atoms with E-state index in [1.807, 2.05) is 0 Å². The van der Waals surface area contributed by atoms with Crippen LogP contribution in [0.1, 0.15) is 0 Å². The molecule has 2 heterocycles. The second-order valence-corrected chi connectivity index (χ2v) is 28.6. The molecular weight excluding hydrogens is 933 g/mol. The second kappa shape index (κ2) is 15.4. The van der Waals surface area contributed by atoms with Crippen molar-refractivity contribution < 1.29 is 0 Å². The van der Waals surface area contributed by atoms with Gasteiger partial charge in [0.15, 0.2) is 0 Å². The predicted molar refractivity (Wildman–Crippen MR) is 277 cm³/mol. The predicted octanol–water partition coefficient (Wildman–Crippen LogP) is 11.5. The van der Waals surface area contributed by atoms with Crippen LogP contribution in [0, 0.1) is 0 Å². The van der Waals surface area contributed by atoms with Gasteiger partial charge in [-0.2, -0.15) is 0 Å². The topological polar surface area (TPSA) is 17.3 Å². The molecule has 12 aromatic rings. The molecule has 0 N–H and O–H groups in total. The SMILES string of the molecule is [Se]=P(c1ccccc1)(c1ccccc1)c1ccc2cc(-c3ccc4c5c6ccccc6ccc5c5nc6ccc(P(=[Se])(c7ccccc7)c7ccccc7)cc6n5c4c3)ccc2c1. The number of fused-ring (bicyclic) bond motifs is 11. The van der Waals surface area contributed by atoms with Gasteiger partial charge in [-0.25, -0.2) is 0 Å². The fraction of sp³-hybridized carbons (Fsp3) is 0. The Bertz CT molecular complexity index is 3760. The first-order chi connectivity index (χ1) is 31.0. The summed E-state index contributed by atoms with van der Waals surface area (Å²) in [6, 6.07) is 85.0. The van der Waals surface area contributed by atoms with Crippen LogP contribution in [-0.4, -0.2) is 39.6 Å². The number of hydrogen-bond donors (Lipinski definition) is 0. The summed E-state index contributed by atoms with van der Waals surface area (Å²) in [5, 5.41) is 16.4. The van der Waals surface area contributed by atoms with Gasteiger partial charge < -0.3 is 0 Å². The van der Waals surface area contributed by atoms with E-state index in [9.17, 15) is 0 Å². The Morgan fingerprint density at radius 1 is 0.333 bits per heavy atom. The first-order valence-electron chi connectivity index (χ1n) is 21.2. The maximum absolute atomic E-state index is 5.45. The summed E-state index contributed by atoms with van der Waals surface area (Å²) in [6.07, 6.45) is 0. The minimum absolute atomic E-state index is 0.974. The molecule has 2 nitrogen and oxygen atoms in total. The van der Waals surface area contributed by atoms with Crippen LogP contribution >= 0.6 is 11.0 Å². The van der Waals surface area contributed by atoms with E-state index >= 15 is 0 Å². The molecule has 0 amide bonds. The third kappa shape index (κ3) is 6.25. The van der Waals surface area contributed by atoms with E-state index in [1.165, 1.54) is 75.3 Å². The van der Waals surface area contributed by atoms with Crippen molar-refractivity contribution in [3.05, 3.63) is 231 Å². The number of benzene rings is 10. The number of pyridine rings is 1. The quantitative estimate of drug-likeness (QED) is 0.0884. The Morgan fingerprint density at radius 2 is 0.810 bits per heavy atom. The molecule has 0 unspecified atom stereocenters. The van der Waals surface area contributed by atoms with Crippen molar-refractivity contribution in [1.29, 1.82) is 0 Å². The first kappa shape index (κ1) is 38.7. The molecule has 0 bridgehead atoms. The molecule has 0 atom stereocenters. The van der Waals surface area contributed by atoms with E-state index in [0.717, 1.165) is 27.6 Å². The van der Waals surface area contributed by atoms with Gasteiger partial charge in [0.05, 0.1) is 0 Å². The van der Waals surface area contributed by atoms with Gasteiger partial charge in [0.25, 0.3) is 0 Å². The Kier molecular flexibility index (Phi) is 9.48. The van der Waals surface area contributed by atoms with Gasteiger partial charge in [0.1, 0.15) is 0 Å². The summed E-state index contributed by atoms with van der Waals surface area (Å²) in [4.78, 5) is 5.45. The summed E-state index contributed by atoms with van der Waals surface area (Å²) in [6.45, 7) is 0. The van der Waals surface area contributed by atoms with Crippen molar-refractivity contribution in [1.82, 2.24) is 9.38 Å². The van der Waals surface area contributed by atoms with E-state index in [2.05, 4.69) is 265 Å². The van der Waals surface area contributed by atoms with Crippen LogP contribution in [0.5, 0.6) is 0 Å². The second-order valence-electron chi connectivity index (χ2n) is 16.2. The zero-order valence-electron chi connectivity index (χ0n) is 34.0. The Morgan fingerprint density at radius 3 is 1.44 bits per heavy atom. The Hall–Kier alpha value is -5.91. The summed E-state index contributed by atoms with van der Waals surface area (Å²) in [7, 11) is 0. The van der Waals surface area contributed by atoms with Gasteiger partial charge in [-0.15, -0.1) is 0 Å². The average Bonchev–Trinajstić information content (AvgIpc) is 3.76. The molecule has 0 aliphatic rings. The van der Waals surface area contributed by atoms with Crippen molar-refractivity contribution in [3.8, 4) is 11.1 Å². The average molecular weight is 971 g/mol. The molecular formula is C57H38N2P2Se2. The van der Waals surface area contributed by atoms with Crippen LogP contribution < -0.4 is 31.8 Å². The Balaban J connectivity index is 1.07. The van der Waals surface area contributed by atoms with Crippen LogP contribution in [-0.2, 0) is 0 Å². The molecule has 0 saturated carbocycles. The van der Waals surface area contributed by atoms with Crippen LogP contribution in [0.15, 0.2) is 231 Å². The number of nitrogens with zero attached hydrogens (tertiary/aromatic N) is 2. The maximum atomic E-state index is 5.45. The third-order valence-corrected chi connectivity index (χ3v) is 26.8. The van der Waals surface area contributed by atoms with Crippen LogP contribution in [0.2, 0.25) is 0 Å². The van der Waals surface area contributed by atoms with Gasteiger partial charge in [-0.05, 0) is 0 Å². The van der Waals surface area contributed by atoms with Crippen LogP contribution in [0.25, 0.3) is 71.0 Å². The standard InChI is InChI=1S/C57H38N2P2Se2/c62-60(44-16-5-1-6-17-44,45-18-7-2-8-19-45)48-30-27-41-35-40(25-26-42(41)36-48)43-29-32-51-54(37-43)59-55-38-49(61(63,46-20-9-3-10-21-46)47-22-11-4-12-23-47)31-34-53(55)58-57(59)52-33-28-39-15-13-14-24-50(39)56(51)52/h1-38H. The number of hydrogen-bond acceptors (Lipinski definition) is 1. The zero-order chi connectivity index (χ0) is 42.1. The molecule has 6 heteroatoms. The van der Waals surface area contributed by atoms with Crippen molar-refractivity contribution in [2.45, 2.75) is 0 Å². The molecule has 63 heavy (non-hydrogen) atoms. The van der Waals surface area contributed by atoms with Gasteiger partial charge in [0, 0.05) is 0 Å². The van der Waals surface area contributed by atoms with Crippen molar-refractivity contribution in [2.75, 3.05) is 0 Å². The van der Waals surface area contributed by atoms with E-state index in [-0.39, 0.29) is 0 Å². The fourth-order valence-corrected chi connectivity index (χ4v) is 19.4. The first-order valence-corrected chi connectivity index (χ1v) is 29.2. The molecule has 0 aliphatic heterocycles. The molecule has 0 radical (unpaired) electrons. The van der Waals surface area contributed by atoms with Crippen LogP contribution in [0.3, 0.4) is 0 Å². The molecule has 10 aromatic carbocycles. The van der Waals surface area contributed by atoms with E-state index in [1.54, 1.807) is 0 Å². The summed E-state index contributed by atoms with van der Waals surface area (Å²) >= 11 is 7.52. The van der Waals surface area contributed by atoms with E-state index < -0.39 is 11.0 Å². The number of imidazole rings is 1. The van der Waals surface area contributed by atoms with Gasteiger partial charge >= 0.3 is 384 Å². The van der Waals surface area contributed by atoms with Crippen LogP contribution in [0.4, 0.5) is 0 Å². The monoisotopic (exact) mass is 972 g/mol. The zero-order valence-corrected chi connectivity index (χ0v) is 39.3. The number of aromatic nitrogens is 2. The molecule has 298 valence electrons. The van der Waals surface area contributed by atoms with Crippen molar-refractivity contribution in [2.24, 2.45) is 0 Å². The molecule has 0 spiro atoms. The molecule has 0 fully saturated rings. The van der Waals surface area contributed by atoms with Crippen molar-refractivity contribution >= 4 is 133 Å². The number of rotatable bonds is 7. The van der Waals surface area contributed by atoms with E-state index in [0.29, 0.717) is 0 Å². The van der Waals surface area contributed by atoms with Crippen molar-refractivity contribution in [3.63, 3.8) is 0 Å². The van der Waals surface area contributed by atoms with E-state index in [4.69, 9.17) is 4.98 Å². The summed E-state index contributed by atoms with van der Waals surface area (Å²) in [5.41, 5.74) is 2.46. The molecule has 2 aromatic heterocycles. The van der Waals surface area contributed by atoms with Gasteiger partial charge in [-0.3, -0.25) is 0 Å². The third-order valence-electron chi connectivity index (χ3n) is 12.7.